The first-order valence-corrected chi connectivity index (χ1v) is 21.0. The maximum Gasteiger partial charge on any atom is 0.306 e. The number of rotatable bonds is 35. The zero-order chi connectivity index (χ0) is 37.6. The van der Waals surface area contributed by atoms with Crippen molar-refractivity contribution in [3.63, 3.8) is 0 Å². The Labute approximate surface area is 312 Å². The summed E-state index contributed by atoms with van der Waals surface area (Å²) < 4.78 is 5.85. The van der Waals surface area contributed by atoms with Crippen LogP contribution in [-0.4, -0.2) is 62.1 Å². The highest BCUT2D eigenvalue weighted by molar-refractivity contribution is 5.69. The van der Waals surface area contributed by atoms with Gasteiger partial charge in [-0.15, -0.1) is 0 Å². The number of hydrogen-bond acceptors (Lipinski definition) is 7. The molecule has 0 bridgehead atoms. The fourth-order valence-corrected chi connectivity index (χ4v) is 5.51. The second kappa shape index (κ2) is 49.6. The average Bonchev–Trinajstić information content (AvgIpc) is 3.10. The summed E-state index contributed by atoms with van der Waals surface area (Å²) in [6.07, 6.45) is 43.2. The molecule has 0 aliphatic carbocycles. The Morgan fingerprint density at radius 1 is 0.640 bits per heavy atom. The zero-order valence-electron chi connectivity index (χ0n) is 34.1. The molecule has 0 aliphatic heterocycles. The van der Waals surface area contributed by atoms with Crippen molar-refractivity contribution in [2.45, 2.75) is 207 Å². The smallest absolute Gasteiger partial charge is 0.306 e. The van der Waals surface area contributed by atoms with Crippen LogP contribution in [0.4, 0.5) is 0 Å². The summed E-state index contributed by atoms with van der Waals surface area (Å²) in [5.74, 6) is 4.83. The predicted molar refractivity (Wildman–Crippen MR) is 219 cm³/mol. The highest BCUT2D eigenvalue weighted by Crippen LogP contribution is 2.18. The monoisotopic (exact) mass is 710 g/mol. The van der Waals surface area contributed by atoms with Crippen LogP contribution in [0.2, 0.25) is 0 Å². The Bertz CT molecular complexity index is 700. The first-order chi connectivity index (χ1) is 24.4. The van der Waals surface area contributed by atoms with Crippen LogP contribution in [-0.2, 0) is 14.4 Å². The van der Waals surface area contributed by atoms with E-state index in [1.165, 1.54) is 128 Å². The third-order valence-corrected chi connectivity index (χ3v) is 8.62. The van der Waals surface area contributed by atoms with Crippen LogP contribution >= 0.6 is 0 Å². The number of nitrogens with zero attached hydrogens (tertiary/aromatic N) is 1. The van der Waals surface area contributed by atoms with Crippen LogP contribution in [0, 0.1) is 5.41 Å². The quantitative estimate of drug-likeness (QED) is 0.0199. The second-order valence-electron chi connectivity index (χ2n) is 14.0. The lowest BCUT2D eigenvalue weighted by molar-refractivity contribution is -0.150. The summed E-state index contributed by atoms with van der Waals surface area (Å²) in [7, 11) is 4.08. The molecule has 7 nitrogen and oxygen atoms in total. The van der Waals surface area contributed by atoms with E-state index >= 15 is 0 Å². The molecule has 0 aromatic heterocycles. The van der Waals surface area contributed by atoms with Crippen molar-refractivity contribution in [3.05, 3.63) is 24.3 Å². The van der Waals surface area contributed by atoms with E-state index in [1.807, 2.05) is 26.2 Å². The van der Waals surface area contributed by atoms with Gasteiger partial charge in [-0.2, -0.15) is 0 Å². The summed E-state index contributed by atoms with van der Waals surface area (Å²) in [6, 6.07) is 0. The molecule has 0 amide bonds. The molecule has 0 saturated carbocycles. The molecule has 0 fully saturated rings. The number of unbranched alkanes of at least 4 members (excludes halogenated alkanes) is 20. The predicted octanol–water partition coefficient (Wildman–Crippen LogP) is 12.1. The Hall–Kier alpha value is -1.54. The van der Waals surface area contributed by atoms with Crippen LogP contribution in [0.5, 0.6) is 0 Å². The van der Waals surface area contributed by atoms with Gasteiger partial charge in [0.15, 0.2) is 0 Å². The van der Waals surface area contributed by atoms with Gasteiger partial charge in [-0.1, -0.05) is 148 Å². The van der Waals surface area contributed by atoms with Crippen LogP contribution in [0.15, 0.2) is 24.3 Å². The van der Waals surface area contributed by atoms with Crippen molar-refractivity contribution >= 4 is 12.2 Å². The van der Waals surface area contributed by atoms with Gasteiger partial charge in [0, 0.05) is 6.42 Å². The number of allylic oxidation sites excluding steroid dienone is 2. The average molecular weight is 710 g/mol. The van der Waals surface area contributed by atoms with Gasteiger partial charge >= 0.3 is 5.97 Å². The van der Waals surface area contributed by atoms with Gasteiger partial charge in [-0.25, -0.2) is 5.90 Å². The number of carbonyl (C=O) groups excluding carboxylic acids is 1. The van der Waals surface area contributed by atoms with Gasteiger partial charge in [-0.3, -0.25) is 4.79 Å². The number of nitrogens with two attached hydrogens (primary N) is 1. The summed E-state index contributed by atoms with van der Waals surface area (Å²) >= 11 is 0. The highest BCUT2D eigenvalue weighted by atomic mass is 16.6. The largest absolute Gasteiger partial charge is 0.462 e. The maximum atomic E-state index is 12.2. The Balaban J connectivity index is -0.000000853. The van der Waals surface area contributed by atoms with Gasteiger partial charge in [0.2, 0.25) is 0 Å². The molecule has 4 N–H and O–H groups in total. The minimum Gasteiger partial charge on any atom is -0.462 e. The number of aliphatic hydroxyl groups is 1. The summed E-state index contributed by atoms with van der Waals surface area (Å²) in [5.41, 5.74) is 0. The normalized spacial score (nSPS) is 11.8. The van der Waals surface area contributed by atoms with Crippen molar-refractivity contribution in [1.82, 2.24) is 4.90 Å². The molecule has 0 aromatic carbocycles. The van der Waals surface area contributed by atoms with Gasteiger partial charge in [0.05, 0.1) is 13.2 Å². The molecule has 0 aliphatic rings. The molecule has 0 radical (unpaired) electrons. The molecule has 0 rings (SSSR count). The number of hydrogen-bond donors (Lipinski definition) is 3. The lowest BCUT2D eigenvalue weighted by atomic mass is 10.0. The molecule has 7 heteroatoms. The highest BCUT2D eigenvalue weighted by Gasteiger charge is 2.14. The number of carbonyl (C=O) groups is 1. The molecule has 0 saturated heterocycles. The molecule has 0 spiro atoms. The van der Waals surface area contributed by atoms with Crippen LogP contribution in [0.1, 0.15) is 201 Å². The maximum absolute atomic E-state index is 12.2. The topological polar surface area (TPSA) is 109 Å². The Kier molecular flexibility index (Phi) is 52.4. The van der Waals surface area contributed by atoms with E-state index in [0.717, 1.165) is 57.9 Å². The number of ether oxygens (including phenoxy) is 1. The first-order valence-electron chi connectivity index (χ1n) is 21.0. The third-order valence-electron chi connectivity index (χ3n) is 8.62. The molecule has 1 unspecified atom stereocenters. The van der Waals surface area contributed by atoms with Crippen LogP contribution < -0.4 is 5.90 Å². The second-order valence-corrected chi connectivity index (χ2v) is 14.0. The standard InChI is InChI=1S/C25H50N2O2.C9H19NO.C9H18O/c1-4-5-6-7-8-9-12-15-19-24(20-16-13-10-11-14-17-22-26)29-25(28)21-18-23-27(2)3;1-2-3-4-5-6-7-8-9-11-10;1-2-3-4-5-6-7-8-9-10/h22,24,26H,4-21,23H2,1-3H3;7-8H,2-6,9-10H2,1H3;7-8,10H,2-6,9H2,1H3/b;2*8-7-. The number of nitrogens with one attached hydrogen (secondary N) is 1. The Morgan fingerprint density at radius 2 is 1.08 bits per heavy atom. The zero-order valence-corrected chi connectivity index (χ0v) is 34.1. The van der Waals surface area contributed by atoms with E-state index < -0.39 is 0 Å². The molecule has 0 aromatic rings. The fraction of sp³-hybridized carbons (Fsp3) is 0.860. The van der Waals surface area contributed by atoms with E-state index in [2.05, 4.69) is 42.7 Å². The third kappa shape index (κ3) is 53.3. The molecule has 0 heterocycles. The minimum absolute atomic E-state index is 0.0117. The minimum atomic E-state index is -0.0117. The SMILES string of the molecule is CCCCCC/C=C\CO.CCCCCC/C=C\CON.CCCCCCCCCCC(CCCCCCCC=N)OC(=O)CCCN(C)C. The van der Waals surface area contributed by atoms with Crippen molar-refractivity contribution in [2.24, 2.45) is 5.90 Å². The summed E-state index contributed by atoms with van der Waals surface area (Å²) in [5, 5.41) is 15.5. The van der Waals surface area contributed by atoms with E-state index in [4.69, 9.17) is 21.1 Å². The van der Waals surface area contributed by atoms with Gasteiger partial charge < -0.3 is 25.0 Å². The van der Waals surface area contributed by atoms with Gasteiger partial charge in [0.1, 0.15) is 6.10 Å². The molecular weight excluding hydrogens is 622 g/mol. The van der Waals surface area contributed by atoms with Crippen molar-refractivity contribution in [3.8, 4) is 0 Å². The van der Waals surface area contributed by atoms with Crippen LogP contribution in [0.25, 0.3) is 0 Å². The summed E-state index contributed by atoms with van der Waals surface area (Å²) in [6.45, 7) is 8.36. The van der Waals surface area contributed by atoms with E-state index in [9.17, 15) is 4.79 Å². The number of esters is 1. The lowest BCUT2D eigenvalue weighted by Crippen LogP contribution is -2.20. The van der Waals surface area contributed by atoms with E-state index in [-0.39, 0.29) is 18.7 Å². The van der Waals surface area contributed by atoms with E-state index in [1.54, 1.807) is 0 Å². The first kappa shape index (κ1) is 52.8. The van der Waals surface area contributed by atoms with E-state index in [0.29, 0.717) is 13.0 Å². The number of aliphatic hydroxyl groups excluding tert-OH is 1. The Morgan fingerprint density at radius 3 is 1.54 bits per heavy atom. The van der Waals surface area contributed by atoms with Crippen LogP contribution in [0.3, 0.4) is 0 Å². The lowest BCUT2D eigenvalue weighted by Gasteiger charge is -2.18. The molecule has 1 atom stereocenters. The molecular formula is C43H87N3O4. The van der Waals surface area contributed by atoms with Crippen molar-refractivity contribution in [2.75, 3.05) is 33.9 Å². The van der Waals surface area contributed by atoms with Gasteiger partial charge in [-0.05, 0) is 97.5 Å². The van der Waals surface area contributed by atoms with Crippen molar-refractivity contribution < 1.29 is 19.5 Å². The molecule has 50 heavy (non-hydrogen) atoms. The molecule has 298 valence electrons. The fourth-order valence-electron chi connectivity index (χ4n) is 5.51. The van der Waals surface area contributed by atoms with Crippen molar-refractivity contribution in [1.29, 1.82) is 5.41 Å². The summed E-state index contributed by atoms with van der Waals surface area (Å²) in [4.78, 5) is 18.7. The van der Waals surface area contributed by atoms with Gasteiger partial charge in [0.25, 0.3) is 0 Å².